The third kappa shape index (κ3) is 5.55. The molecule has 3 N–H and O–H groups in total. The Bertz CT molecular complexity index is 1280. The van der Waals surface area contributed by atoms with Crippen LogP contribution in [0, 0.1) is 10.1 Å². The number of ether oxygens (including phenoxy) is 4. The van der Waals surface area contributed by atoms with E-state index in [0.717, 1.165) is 31.4 Å². The maximum absolute atomic E-state index is 11.9. The summed E-state index contributed by atoms with van der Waals surface area (Å²) >= 11 is 4.68. The molecule has 0 amide bonds. The number of aromatic hydroxyl groups is 1. The number of nitro benzene ring substituents is 1. The molecule has 36 heavy (non-hydrogen) atoms. The molecule has 15 nitrogen and oxygen atoms in total. The van der Waals surface area contributed by atoms with E-state index in [1.165, 1.54) is 12.1 Å². The lowest BCUT2D eigenvalue weighted by molar-refractivity contribution is -0.384. The Balaban J connectivity index is 2.24. The lowest BCUT2D eigenvalue weighted by Gasteiger charge is -2.24. The van der Waals surface area contributed by atoms with Crippen LogP contribution in [-0.2, 0) is 33.3 Å². The van der Waals surface area contributed by atoms with E-state index in [-0.39, 0.29) is 27.4 Å². The van der Waals surface area contributed by atoms with Gasteiger partial charge in [-0.05, 0) is 18.3 Å². The van der Waals surface area contributed by atoms with E-state index in [4.69, 9.17) is 24.7 Å². The highest BCUT2D eigenvalue weighted by Gasteiger charge is 2.51. The number of non-ortho nitro benzene ring substituents is 1. The predicted octanol–water partition coefficient (Wildman–Crippen LogP) is 1.91. The van der Waals surface area contributed by atoms with Crippen LogP contribution >= 0.6 is 12.2 Å². The normalized spacial score (nSPS) is 21.4. The molecular weight excluding hydrogens is 502 g/mol. The molecule has 192 valence electrons. The van der Waals surface area contributed by atoms with Crippen LogP contribution < -0.4 is 5.73 Å². The monoisotopic (exact) mass is 523 g/mol. The minimum absolute atomic E-state index is 0.0375. The van der Waals surface area contributed by atoms with Crippen LogP contribution in [0.4, 0.5) is 11.4 Å². The number of esters is 3. The van der Waals surface area contributed by atoms with Crippen LogP contribution in [0.5, 0.6) is 5.88 Å². The number of rotatable bonds is 7. The van der Waals surface area contributed by atoms with Gasteiger partial charge in [-0.3, -0.25) is 29.1 Å². The molecule has 3 rings (SSSR count). The standard InChI is InChI=1S/C20H21N5O10S/c1-8(26)32-7-14-16(33-9(2)27)17(34-10(3)28)19(35-14)24-13-6-11(25(30)31)4-5-12(13)15(18(24)29)22-23-20(21)36/h4-6,14,16-17,19,29H,7H2,1-3H3,(H2,21,36). The maximum atomic E-state index is 11.9. The molecule has 0 radical (unpaired) electrons. The fourth-order valence-electron chi connectivity index (χ4n) is 3.74. The average Bonchev–Trinajstić information content (AvgIpc) is 3.23. The maximum Gasteiger partial charge on any atom is 0.303 e. The van der Waals surface area contributed by atoms with Gasteiger partial charge in [0.1, 0.15) is 12.7 Å². The topological polar surface area (TPSA) is 207 Å². The Morgan fingerprint density at radius 2 is 1.83 bits per heavy atom. The van der Waals surface area contributed by atoms with Crippen LogP contribution in [0.25, 0.3) is 10.9 Å². The van der Waals surface area contributed by atoms with E-state index in [9.17, 15) is 29.6 Å². The molecule has 0 aliphatic carbocycles. The summed E-state index contributed by atoms with van der Waals surface area (Å²) in [6.45, 7) is 2.97. The van der Waals surface area contributed by atoms with Crippen molar-refractivity contribution in [3.05, 3.63) is 28.3 Å². The van der Waals surface area contributed by atoms with Gasteiger partial charge in [-0.2, -0.15) is 0 Å². The van der Waals surface area contributed by atoms with Gasteiger partial charge in [-0.15, -0.1) is 10.2 Å². The number of azo groups is 1. The number of hydrogen-bond acceptors (Lipinski definition) is 12. The first kappa shape index (κ1) is 26.4. The summed E-state index contributed by atoms with van der Waals surface area (Å²) < 4.78 is 22.7. The van der Waals surface area contributed by atoms with E-state index in [2.05, 4.69) is 22.4 Å². The number of nitro groups is 1. The second-order valence-corrected chi connectivity index (χ2v) is 7.97. The summed E-state index contributed by atoms with van der Waals surface area (Å²) in [6, 6.07) is 3.62. The van der Waals surface area contributed by atoms with Gasteiger partial charge in [-0.25, -0.2) is 0 Å². The van der Waals surface area contributed by atoms with Gasteiger partial charge in [-0.1, -0.05) is 0 Å². The zero-order valence-electron chi connectivity index (χ0n) is 19.1. The van der Waals surface area contributed by atoms with Crippen LogP contribution in [0.3, 0.4) is 0 Å². The van der Waals surface area contributed by atoms with Crippen LogP contribution in [0.1, 0.15) is 27.0 Å². The molecular formula is C20H21N5O10S. The molecule has 2 heterocycles. The zero-order chi connectivity index (χ0) is 26.7. The number of carbonyl (C=O) groups excluding carboxylic acids is 3. The van der Waals surface area contributed by atoms with Gasteiger partial charge in [0.2, 0.25) is 11.0 Å². The summed E-state index contributed by atoms with van der Waals surface area (Å²) in [5.41, 5.74) is 4.90. The predicted molar refractivity (Wildman–Crippen MR) is 123 cm³/mol. The number of nitrogens with two attached hydrogens (primary N) is 1. The van der Waals surface area contributed by atoms with Gasteiger partial charge in [0.15, 0.2) is 24.1 Å². The van der Waals surface area contributed by atoms with Gasteiger partial charge < -0.3 is 29.8 Å². The van der Waals surface area contributed by atoms with Crippen molar-refractivity contribution in [1.29, 1.82) is 0 Å². The molecule has 4 atom stereocenters. The summed E-state index contributed by atoms with van der Waals surface area (Å²) in [4.78, 5) is 45.9. The largest absolute Gasteiger partial charge is 0.493 e. The van der Waals surface area contributed by atoms with E-state index in [1.807, 2.05) is 0 Å². The molecule has 0 spiro atoms. The Morgan fingerprint density at radius 1 is 1.19 bits per heavy atom. The van der Waals surface area contributed by atoms with Crippen molar-refractivity contribution in [1.82, 2.24) is 4.57 Å². The average molecular weight is 523 g/mol. The fourth-order valence-corrected chi connectivity index (χ4v) is 3.78. The van der Waals surface area contributed by atoms with Gasteiger partial charge in [0.25, 0.3) is 5.69 Å². The van der Waals surface area contributed by atoms with Crippen molar-refractivity contribution in [2.24, 2.45) is 16.0 Å². The van der Waals surface area contributed by atoms with Crippen LogP contribution in [0.2, 0.25) is 0 Å². The van der Waals surface area contributed by atoms with Crippen molar-refractivity contribution in [2.75, 3.05) is 6.61 Å². The highest BCUT2D eigenvalue weighted by atomic mass is 32.1. The van der Waals surface area contributed by atoms with Gasteiger partial charge in [0.05, 0.1) is 10.4 Å². The number of thiocarbonyl (C=S) groups is 1. The number of benzene rings is 1. The molecule has 4 unspecified atom stereocenters. The molecule has 1 saturated heterocycles. The number of hydrogen-bond donors (Lipinski definition) is 2. The van der Waals surface area contributed by atoms with E-state index in [0.29, 0.717) is 0 Å². The SMILES string of the molecule is CC(=O)OCC1OC(n2c(O)c(N=NC(N)=S)c3ccc([N+](=O)[O-])cc32)C(OC(C)=O)C1OC(C)=O. The molecule has 1 fully saturated rings. The minimum atomic E-state index is -1.41. The van der Waals surface area contributed by atoms with Crippen molar-refractivity contribution >= 4 is 57.5 Å². The smallest absolute Gasteiger partial charge is 0.303 e. The summed E-state index contributed by atoms with van der Waals surface area (Å²) in [6.07, 6.45) is -5.18. The van der Waals surface area contributed by atoms with E-state index < -0.39 is 59.9 Å². The van der Waals surface area contributed by atoms with Crippen molar-refractivity contribution in [3.8, 4) is 5.88 Å². The lowest BCUT2D eigenvalue weighted by atomic mass is 10.1. The highest BCUT2D eigenvalue weighted by Crippen LogP contribution is 2.46. The molecule has 16 heteroatoms. The molecule has 0 bridgehead atoms. The Labute approximate surface area is 207 Å². The fraction of sp³-hybridized carbons (Fsp3) is 0.400. The third-order valence-electron chi connectivity index (χ3n) is 4.99. The van der Waals surface area contributed by atoms with Gasteiger partial charge >= 0.3 is 17.9 Å². The Hall–Kier alpha value is -4.18. The first-order valence-electron chi connectivity index (χ1n) is 10.3. The minimum Gasteiger partial charge on any atom is -0.493 e. The zero-order valence-corrected chi connectivity index (χ0v) is 20.0. The number of nitrogens with zero attached hydrogens (tertiary/aromatic N) is 4. The van der Waals surface area contributed by atoms with Crippen molar-refractivity contribution in [2.45, 2.75) is 45.3 Å². The third-order valence-corrected chi connectivity index (χ3v) is 5.07. The Morgan fingerprint density at radius 3 is 2.39 bits per heavy atom. The van der Waals surface area contributed by atoms with E-state index in [1.54, 1.807) is 0 Å². The molecule has 2 aromatic rings. The number of carbonyl (C=O) groups is 3. The Kier molecular flexibility index (Phi) is 7.79. The lowest BCUT2D eigenvalue weighted by Crippen LogP contribution is -2.40. The van der Waals surface area contributed by atoms with Crippen molar-refractivity contribution < 1.29 is 43.4 Å². The molecule has 1 aromatic heterocycles. The van der Waals surface area contributed by atoms with Crippen LogP contribution in [-0.4, -0.2) is 62.5 Å². The molecule has 1 aliphatic rings. The first-order chi connectivity index (χ1) is 16.9. The summed E-state index contributed by atoms with van der Waals surface area (Å²) in [5.74, 6) is -2.79. The number of aromatic nitrogens is 1. The van der Waals surface area contributed by atoms with Gasteiger partial charge in [0, 0.05) is 38.3 Å². The van der Waals surface area contributed by atoms with Crippen LogP contribution in [0.15, 0.2) is 28.4 Å². The van der Waals surface area contributed by atoms with E-state index >= 15 is 0 Å². The number of fused-ring (bicyclic) bond motifs is 1. The summed E-state index contributed by atoms with van der Waals surface area (Å²) in [7, 11) is 0. The second-order valence-electron chi connectivity index (χ2n) is 7.55. The molecule has 0 saturated carbocycles. The summed E-state index contributed by atoms with van der Waals surface area (Å²) in [5, 5.41) is 29.7. The molecule has 1 aliphatic heterocycles. The molecule has 1 aromatic carbocycles. The highest BCUT2D eigenvalue weighted by molar-refractivity contribution is 7.80. The second kappa shape index (κ2) is 10.6. The van der Waals surface area contributed by atoms with Crippen molar-refractivity contribution in [3.63, 3.8) is 0 Å². The quantitative estimate of drug-likeness (QED) is 0.133. The first-order valence-corrected chi connectivity index (χ1v) is 10.7.